The van der Waals surface area contributed by atoms with Gasteiger partial charge in [0.1, 0.15) is 17.3 Å². The van der Waals surface area contributed by atoms with Crippen molar-refractivity contribution in [3.05, 3.63) is 58.8 Å². The molecule has 3 rings (SSSR count). The SMILES string of the molecule is Cc1ccc(CCc2nnc3cc(Cl)ncn23)cc1. The van der Waals surface area contributed by atoms with Gasteiger partial charge in [-0.15, -0.1) is 10.2 Å². The van der Waals surface area contributed by atoms with E-state index in [9.17, 15) is 0 Å². The third kappa shape index (κ3) is 2.58. The van der Waals surface area contributed by atoms with Crippen LogP contribution in [-0.4, -0.2) is 19.6 Å². The van der Waals surface area contributed by atoms with Gasteiger partial charge in [0, 0.05) is 12.5 Å². The first-order valence-corrected chi connectivity index (χ1v) is 6.51. The van der Waals surface area contributed by atoms with Crippen LogP contribution in [0.2, 0.25) is 5.15 Å². The van der Waals surface area contributed by atoms with Crippen molar-refractivity contribution in [2.24, 2.45) is 0 Å². The summed E-state index contributed by atoms with van der Waals surface area (Å²) in [7, 11) is 0. The third-order valence-electron chi connectivity index (χ3n) is 3.10. The van der Waals surface area contributed by atoms with Gasteiger partial charge in [-0.25, -0.2) is 4.98 Å². The number of aryl methyl sites for hydroxylation is 3. The van der Waals surface area contributed by atoms with Gasteiger partial charge < -0.3 is 0 Å². The van der Waals surface area contributed by atoms with Gasteiger partial charge in [-0.1, -0.05) is 41.4 Å². The fourth-order valence-electron chi connectivity index (χ4n) is 2.00. The number of nitrogens with zero attached hydrogens (tertiary/aromatic N) is 4. The van der Waals surface area contributed by atoms with Crippen molar-refractivity contribution >= 4 is 17.2 Å². The molecular formula is C14H13ClN4. The van der Waals surface area contributed by atoms with Crippen LogP contribution in [0.3, 0.4) is 0 Å². The van der Waals surface area contributed by atoms with E-state index in [1.54, 1.807) is 12.4 Å². The highest BCUT2D eigenvalue weighted by Gasteiger charge is 2.06. The van der Waals surface area contributed by atoms with E-state index in [2.05, 4.69) is 46.4 Å². The van der Waals surface area contributed by atoms with E-state index in [0.29, 0.717) is 5.15 Å². The molecule has 4 nitrogen and oxygen atoms in total. The molecule has 0 spiro atoms. The highest BCUT2D eigenvalue weighted by atomic mass is 35.5. The Balaban J connectivity index is 1.80. The van der Waals surface area contributed by atoms with E-state index in [1.165, 1.54) is 11.1 Å². The molecule has 5 heteroatoms. The van der Waals surface area contributed by atoms with Crippen molar-refractivity contribution in [2.45, 2.75) is 19.8 Å². The molecule has 0 unspecified atom stereocenters. The lowest BCUT2D eigenvalue weighted by atomic mass is 10.1. The molecule has 0 aliphatic heterocycles. The Kier molecular flexibility index (Phi) is 3.17. The zero-order valence-corrected chi connectivity index (χ0v) is 11.3. The maximum absolute atomic E-state index is 5.82. The molecular weight excluding hydrogens is 260 g/mol. The van der Waals surface area contributed by atoms with Crippen LogP contribution in [0.15, 0.2) is 36.7 Å². The van der Waals surface area contributed by atoms with Crippen molar-refractivity contribution in [1.82, 2.24) is 19.6 Å². The summed E-state index contributed by atoms with van der Waals surface area (Å²) in [4.78, 5) is 4.06. The maximum atomic E-state index is 5.82. The van der Waals surface area contributed by atoms with E-state index in [1.807, 2.05) is 4.40 Å². The largest absolute Gasteiger partial charge is 0.269 e. The summed E-state index contributed by atoms with van der Waals surface area (Å²) in [6.45, 7) is 2.09. The lowest BCUT2D eigenvalue weighted by Gasteiger charge is -2.01. The van der Waals surface area contributed by atoms with Crippen LogP contribution in [-0.2, 0) is 12.8 Å². The lowest BCUT2D eigenvalue weighted by molar-refractivity contribution is 0.832. The van der Waals surface area contributed by atoms with Crippen LogP contribution in [0.5, 0.6) is 0 Å². The van der Waals surface area contributed by atoms with Gasteiger partial charge in [-0.3, -0.25) is 4.40 Å². The fourth-order valence-corrected chi connectivity index (χ4v) is 2.14. The van der Waals surface area contributed by atoms with Crippen molar-refractivity contribution in [3.8, 4) is 0 Å². The zero-order valence-electron chi connectivity index (χ0n) is 10.5. The van der Waals surface area contributed by atoms with Gasteiger partial charge in [0.25, 0.3) is 0 Å². The summed E-state index contributed by atoms with van der Waals surface area (Å²) in [5.74, 6) is 0.903. The highest BCUT2D eigenvalue weighted by Crippen LogP contribution is 2.11. The minimum Gasteiger partial charge on any atom is -0.269 e. The average molecular weight is 273 g/mol. The first kappa shape index (κ1) is 12.1. The second-order valence-electron chi connectivity index (χ2n) is 4.54. The summed E-state index contributed by atoms with van der Waals surface area (Å²) in [5.41, 5.74) is 3.30. The normalized spacial score (nSPS) is 11.1. The van der Waals surface area contributed by atoms with E-state index < -0.39 is 0 Å². The van der Waals surface area contributed by atoms with Crippen LogP contribution >= 0.6 is 11.6 Å². The molecule has 96 valence electrons. The number of rotatable bonds is 3. The maximum Gasteiger partial charge on any atom is 0.165 e. The molecule has 1 aromatic carbocycles. The quantitative estimate of drug-likeness (QED) is 0.689. The van der Waals surface area contributed by atoms with Gasteiger partial charge in [0.2, 0.25) is 0 Å². The minimum atomic E-state index is 0.435. The zero-order chi connectivity index (χ0) is 13.2. The predicted molar refractivity (Wildman–Crippen MR) is 74.4 cm³/mol. The molecule has 0 bridgehead atoms. The standard InChI is InChI=1S/C14H13ClN4/c1-10-2-4-11(5-3-10)6-7-13-17-18-14-8-12(15)16-9-19(13)14/h2-5,8-9H,6-7H2,1H3. The van der Waals surface area contributed by atoms with E-state index >= 15 is 0 Å². The van der Waals surface area contributed by atoms with Crippen molar-refractivity contribution in [3.63, 3.8) is 0 Å². The molecule has 2 aromatic heterocycles. The number of hydrogen-bond donors (Lipinski definition) is 0. The number of hydrogen-bond acceptors (Lipinski definition) is 3. The number of benzene rings is 1. The summed E-state index contributed by atoms with van der Waals surface area (Å²) in [6, 6.07) is 10.3. The predicted octanol–water partition coefficient (Wildman–Crippen LogP) is 2.87. The van der Waals surface area contributed by atoms with Crippen LogP contribution in [0, 0.1) is 6.92 Å². The Labute approximate surface area is 116 Å². The minimum absolute atomic E-state index is 0.435. The van der Waals surface area contributed by atoms with Gasteiger partial charge in [-0.2, -0.15) is 0 Å². The Morgan fingerprint density at radius 2 is 1.89 bits per heavy atom. The first-order chi connectivity index (χ1) is 9.22. The second kappa shape index (κ2) is 4.97. The molecule has 0 amide bonds. The number of aromatic nitrogens is 4. The molecule has 0 N–H and O–H groups in total. The molecule has 0 aliphatic rings. The number of fused-ring (bicyclic) bond motifs is 1. The highest BCUT2D eigenvalue weighted by molar-refractivity contribution is 6.29. The lowest BCUT2D eigenvalue weighted by Crippen LogP contribution is -1.98. The van der Waals surface area contributed by atoms with Crippen LogP contribution in [0.4, 0.5) is 0 Å². The average Bonchev–Trinajstić information content (AvgIpc) is 2.80. The van der Waals surface area contributed by atoms with Gasteiger partial charge in [-0.05, 0) is 18.9 Å². The summed E-state index contributed by atoms with van der Waals surface area (Å²) >= 11 is 5.82. The second-order valence-corrected chi connectivity index (χ2v) is 4.93. The molecule has 0 fully saturated rings. The fraction of sp³-hybridized carbons (Fsp3) is 0.214. The molecule has 0 aliphatic carbocycles. The molecule has 19 heavy (non-hydrogen) atoms. The van der Waals surface area contributed by atoms with E-state index in [-0.39, 0.29) is 0 Å². The Morgan fingerprint density at radius 1 is 1.11 bits per heavy atom. The third-order valence-corrected chi connectivity index (χ3v) is 3.30. The molecule has 0 saturated carbocycles. The Bertz CT molecular complexity index is 703. The Hall–Kier alpha value is -1.94. The van der Waals surface area contributed by atoms with Crippen LogP contribution < -0.4 is 0 Å². The number of halogens is 1. The van der Waals surface area contributed by atoms with Gasteiger partial charge >= 0.3 is 0 Å². The van der Waals surface area contributed by atoms with Gasteiger partial charge in [0.15, 0.2) is 5.65 Å². The van der Waals surface area contributed by atoms with Crippen molar-refractivity contribution in [1.29, 1.82) is 0 Å². The summed E-state index contributed by atoms with van der Waals surface area (Å²) in [5, 5.41) is 8.71. The van der Waals surface area contributed by atoms with Crippen molar-refractivity contribution in [2.75, 3.05) is 0 Å². The summed E-state index contributed by atoms with van der Waals surface area (Å²) < 4.78 is 1.88. The molecule has 0 radical (unpaired) electrons. The Morgan fingerprint density at radius 3 is 2.68 bits per heavy atom. The van der Waals surface area contributed by atoms with Crippen LogP contribution in [0.1, 0.15) is 17.0 Å². The summed E-state index contributed by atoms with van der Waals surface area (Å²) in [6.07, 6.45) is 3.43. The first-order valence-electron chi connectivity index (χ1n) is 6.13. The van der Waals surface area contributed by atoms with Gasteiger partial charge in [0.05, 0.1) is 0 Å². The monoisotopic (exact) mass is 272 g/mol. The van der Waals surface area contributed by atoms with Crippen molar-refractivity contribution < 1.29 is 0 Å². The van der Waals surface area contributed by atoms with E-state index in [4.69, 9.17) is 11.6 Å². The molecule has 0 atom stereocenters. The molecule has 0 saturated heterocycles. The molecule has 3 aromatic rings. The molecule has 2 heterocycles. The topological polar surface area (TPSA) is 43.1 Å². The van der Waals surface area contributed by atoms with Crippen LogP contribution in [0.25, 0.3) is 5.65 Å². The smallest absolute Gasteiger partial charge is 0.165 e. The van der Waals surface area contributed by atoms with E-state index in [0.717, 1.165) is 24.3 Å².